The maximum atomic E-state index is 5.74. The summed E-state index contributed by atoms with van der Waals surface area (Å²) >= 11 is 0. The number of hydrogen-bond acceptors (Lipinski definition) is 7. The zero-order chi connectivity index (χ0) is 15.6. The second-order valence-corrected chi connectivity index (χ2v) is 4.77. The highest BCUT2D eigenvalue weighted by Gasteiger charge is 2.39. The van der Waals surface area contributed by atoms with Crippen LogP contribution in [0.15, 0.2) is 0 Å². The molecule has 0 bridgehead atoms. The standard InChI is InChI=1S/C12H28O7Si/c1-9(13-4)17-12(7-8-16-20,18-10(2)14-5)19-11(3)15-6/h9-11H,7-8H2,1-6,20H3. The maximum absolute atomic E-state index is 5.74. The second-order valence-electron chi connectivity index (χ2n) is 4.19. The van der Waals surface area contributed by atoms with Gasteiger partial charge in [-0.2, -0.15) is 0 Å². The predicted octanol–water partition coefficient (Wildman–Crippen LogP) is 0.354. The van der Waals surface area contributed by atoms with E-state index < -0.39 is 24.8 Å². The molecular weight excluding hydrogens is 284 g/mol. The van der Waals surface area contributed by atoms with Crippen LogP contribution in [0.4, 0.5) is 0 Å². The molecule has 3 unspecified atom stereocenters. The van der Waals surface area contributed by atoms with E-state index in [4.69, 9.17) is 32.8 Å². The van der Waals surface area contributed by atoms with Gasteiger partial charge in [-0.25, -0.2) is 0 Å². The molecule has 8 heteroatoms. The van der Waals surface area contributed by atoms with Crippen LogP contribution in [0.1, 0.15) is 27.2 Å². The largest absolute Gasteiger partial charge is 0.428 e. The van der Waals surface area contributed by atoms with Gasteiger partial charge in [-0.1, -0.05) is 0 Å². The first kappa shape index (κ1) is 19.9. The zero-order valence-corrected chi connectivity index (χ0v) is 15.5. The lowest BCUT2D eigenvalue weighted by molar-refractivity contribution is -0.466. The summed E-state index contributed by atoms with van der Waals surface area (Å²) in [6, 6.07) is 0. The van der Waals surface area contributed by atoms with Crippen molar-refractivity contribution in [3.05, 3.63) is 0 Å². The van der Waals surface area contributed by atoms with Crippen LogP contribution < -0.4 is 0 Å². The third-order valence-corrected chi connectivity index (χ3v) is 3.05. The molecule has 0 heterocycles. The van der Waals surface area contributed by atoms with Crippen molar-refractivity contribution < 1.29 is 32.8 Å². The molecule has 0 saturated carbocycles. The molecule has 3 atom stereocenters. The third-order valence-electron chi connectivity index (χ3n) is 2.64. The maximum Gasteiger partial charge on any atom is 0.291 e. The van der Waals surface area contributed by atoms with E-state index in [0.717, 1.165) is 0 Å². The summed E-state index contributed by atoms with van der Waals surface area (Å²) in [5, 5.41) is 0. The Hall–Kier alpha value is -0.0631. The Morgan fingerprint density at radius 1 is 0.800 bits per heavy atom. The van der Waals surface area contributed by atoms with E-state index in [2.05, 4.69) is 0 Å². The fraction of sp³-hybridized carbons (Fsp3) is 1.00. The van der Waals surface area contributed by atoms with E-state index in [0.29, 0.717) is 23.5 Å². The van der Waals surface area contributed by atoms with E-state index >= 15 is 0 Å². The molecule has 122 valence electrons. The van der Waals surface area contributed by atoms with Gasteiger partial charge in [-0.05, 0) is 20.8 Å². The first-order chi connectivity index (χ1) is 9.42. The van der Waals surface area contributed by atoms with Gasteiger partial charge in [0.2, 0.25) is 0 Å². The van der Waals surface area contributed by atoms with Crippen LogP contribution in [-0.4, -0.2) is 63.3 Å². The van der Waals surface area contributed by atoms with Gasteiger partial charge in [0.1, 0.15) is 10.5 Å². The number of rotatable bonds is 12. The number of ether oxygens (including phenoxy) is 6. The fourth-order valence-corrected chi connectivity index (χ4v) is 1.59. The quantitative estimate of drug-likeness (QED) is 0.381. The van der Waals surface area contributed by atoms with Gasteiger partial charge in [-0.3, -0.25) is 14.2 Å². The first-order valence-electron chi connectivity index (χ1n) is 6.53. The minimum absolute atomic E-state index is 0.367. The summed E-state index contributed by atoms with van der Waals surface area (Å²) in [5.74, 6) is -1.36. The fourth-order valence-electron chi connectivity index (χ4n) is 1.39. The van der Waals surface area contributed by atoms with Crippen molar-refractivity contribution >= 4 is 10.5 Å². The lowest BCUT2D eigenvalue weighted by atomic mass is 10.3. The van der Waals surface area contributed by atoms with Crippen molar-refractivity contribution in [3.8, 4) is 0 Å². The van der Waals surface area contributed by atoms with Crippen LogP contribution in [0.2, 0.25) is 0 Å². The molecule has 20 heavy (non-hydrogen) atoms. The molecule has 0 aromatic rings. The SMILES string of the molecule is COC(C)OC(CCO[SiH3])(OC(C)OC)OC(C)OC. The van der Waals surface area contributed by atoms with Gasteiger partial charge in [0.05, 0.1) is 6.42 Å². The summed E-state index contributed by atoms with van der Waals surface area (Å²) in [5.41, 5.74) is 0. The molecule has 0 aliphatic rings. The molecule has 0 aromatic carbocycles. The Morgan fingerprint density at radius 3 is 1.40 bits per heavy atom. The summed E-state index contributed by atoms with van der Waals surface area (Å²) in [6.07, 6.45) is -1.18. The van der Waals surface area contributed by atoms with E-state index in [1.165, 1.54) is 21.3 Å². The first-order valence-corrected chi connectivity index (χ1v) is 7.35. The minimum Gasteiger partial charge on any atom is -0.428 e. The Labute approximate surface area is 124 Å². The van der Waals surface area contributed by atoms with Gasteiger partial charge in [0.25, 0.3) is 5.97 Å². The normalized spacial score (nSPS) is 19.5. The molecule has 7 nitrogen and oxygen atoms in total. The Kier molecular flexibility index (Phi) is 10.6. The minimum atomic E-state index is -1.36. The smallest absolute Gasteiger partial charge is 0.291 e. The molecule has 0 aliphatic carbocycles. The molecule has 0 aromatic heterocycles. The zero-order valence-electron chi connectivity index (χ0n) is 13.5. The Morgan fingerprint density at radius 2 is 1.15 bits per heavy atom. The topological polar surface area (TPSA) is 64.6 Å². The molecule has 0 amide bonds. The number of hydrogen-bond donors (Lipinski definition) is 0. The lowest BCUT2D eigenvalue weighted by Gasteiger charge is -2.37. The average Bonchev–Trinajstić information content (AvgIpc) is 2.44. The van der Waals surface area contributed by atoms with E-state index in [1.54, 1.807) is 20.8 Å². The Balaban J connectivity index is 5.03. The van der Waals surface area contributed by atoms with Crippen LogP contribution in [0.5, 0.6) is 0 Å². The summed E-state index contributed by atoms with van der Waals surface area (Å²) in [7, 11) is 5.24. The molecule has 0 aliphatic heterocycles. The van der Waals surface area contributed by atoms with E-state index in [9.17, 15) is 0 Å². The van der Waals surface area contributed by atoms with Gasteiger partial charge in [-0.15, -0.1) is 0 Å². The van der Waals surface area contributed by atoms with Crippen LogP contribution in [0, 0.1) is 0 Å². The molecule has 0 rings (SSSR count). The van der Waals surface area contributed by atoms with E-state index in [-0.39, 0.29) is 0 Å². The van der Waals surface area contributed by atoms with Crippen molar-refractivity contribution in [1.82, 2.24) is 0 Å². The van der Waals surface area contributed by atoms with Gasteiger partial charge in [0, 0.05) is 27.9 Å². The van der Waals surface area contributed by atoms with Crippen LogP contribution >= 0.6 is 0 Å². The highest BCUT2D eigenvalue weighted by Crippen LogP contribution is 2.26. The third kappa shape index (κ3) is 7.65. The molecule has 0 fully saturated rings. The molecule has 0 radical (unpaired) electrons. The van der Waals surface area contributed by atoms with Crippen molar-refractivity contribution in [2.24, 2.45) is 0 Å². The highest BCUT2D eigenvalue weighted by atomic mass is 28.2. The van der Waals surface area contributed by atoms with Crippen molar-refractivity contribution in [2.45, 2.75) is 52.0 Å². The molecule has 0 spiro atoms. The van der Waals surface area contributed by atoms with Crippen molar-refractivity contribution in [3.63, 3.8) is 0 Å². The van der Waals surface area contributed by atoms with Gasteiger partial charge >= 0.3 is 0 Å². The average molecular weight is 312 g/mol. The summed E-state index contributed by atoms with van der Waals surface area (Å²) in [4.78, 5) is 0. The lowest BCUT2D eigenvalue weighted by Crippen LogP contribution is -2.47. The molecule has 0 saturated heterocycles. The summed E-state index contributed by atoms with van der Waals surface area (Å²) in [6.45, 7) is 5.68. The van der Waals surface area contributed by atoms with Crippen LogP contribution in [0.25, 0.3) is 0 Å². The van der Waals surface area contributed by atoms with Crippen molar-refractivity contribution in [1.29, 1.82) is 0 Å². The second kappa shape index (κ2) is 10.6. The van der Waals surface area contributed by atoms with Gasteiger partial charge in [0.15, 0.2) is 18.9 Å². The highest BCUT2D eigenvalue weighted by molar-refractivity contribution is 5.97. The predicted molar refractivity (Wildman–Crippen MR) is 75.9 cm³/mol. The van der Waals surface area contributed by atoms with E-state index in [1.807, 2.05) is 0 Å². The summed E-state index contributed by atoms with van der Waals surface area (Å²) < 4.78 is 37.8. The Bertz CT molecular complexity index is 211. The number of methoxy groups -OCH3 is 3. The van der Waals surface area contributed by atoms with Crippen LogP contribution in [0.3, 0.4) is 0 Å². The molecule has 0 N–H and O–H groups in total. The van der Waals surface area contributed by atoms with Crippen molar-refractivity contribution in [2.75, 3.05) is 27.9 Å². The van der Waals surface area contributed by atoms with Crippen LogP contribution in [-0.2, 0) is 32.8 Å². The monoisotopic (exact) mass is 312 g/mol. The van der Waals surface area contributed by atoms with Gasteiger partial charge < -0.3 is 18.6 Å². The molecular formula is C12H28O7Si.